The van der Waals surface area contributed by atoms with Crippen molar-refractivity contribution < 1.29 is 9.21 Å². The van der Waals surface area contributed by atoms with Crippen LogP contribution in [0.3, 0.4) is 0 Å². The van der Waals surface area contributed by atoms with Gasteiger partial charge in [-0.3, -0.25) is 0 Å². The van der Waals surface area contributed by atoms with Crippen LogP contribution in [0.5, 0.6) is 0 Å². The number of nitrogens with one attached hydrogen (secondary N) is 2. The maximum Gasteiger partial charge on any atom is 0.319 e. The van der Waals surface area contributed by atoms with Crippen molar-refractivity contribution in [3.05, 3.63) is 35.7 Å². The highest BCUT2D eigenvalue weighted by atomic mass is 16.3. The lowest BCUT2D eigenvalue weighted by Crippen LogP contribution is -2.29. The number of nitrogens with zero attached hydrogens (tertiary/aromatic N) is 4. The van der Waals surface area contributed by atoms with E-state index in [1.54, 1.807) is 19.1 Å². The van der Waals surface area contributed by atoms with Crippen LogP contribution in [0.25, 0.3) is 11.1 Å². The fourth-order valence-electron chi connectivity index (χ4n) is 3.13. The smallest absolute Gasteiger partial charge is 0.319 e. The van der Waals surface area contributed by atoms with Gasteiger partial charge in [-0.2, -0.15) is 0 Å². The summed E-state index contributed by atoms with van der Waals surface area (Å²) in [6, 6.07) is 5.09. The Hall–Kier alpha value is -2.90. The number of aromatic nitrogens is 4. The van der Waals surface area contributed by atoms with E-state index in [4.69, 9.17) is 4.42 Å². The van der Waals surface area contributed by atoms with Crippen molar-refractivity contribution in [2.75, 3.05) is 5.32 Å². The number of oxazole rings is 1. The first-order valence-electron chi connectivity index (χ1n) is 8.52. The monoisotopic (exact) mass is 340 g/mol. The van der Waals surface area contributed by atoms with Crippen LogP contribution in [0.1, 0.15) is 36.8 Å². The summed E-state index contributed by atoms with van der Waals surface area (Å²) in [6.45, 7) is 3.06. The van der Waals surface area contributed by atoms with Gasteiger partial charge in [0.15, 0.2) is 17.3 Å². The average molecular weight is 340 g/mol. The number of aryl methyl sites for hydroxylation is 2. The van der Waals surface area contributed by atoms with Crippen LogP contribution in [0.4, 0.5) is 10.5 Å². The Labute approximate surface area is 144 Å². The molecule has 1 aliphatic heterocycles. The van der Waals surface area contributed by atoms with Crippen LogP contribution in [0.2, 0.25) is 0 Å². The molecule has 130 valence electrons. The Balaban J connectivity index is 1.39. The molecule has 0 unspecified atom stereocenters. The number of amides is 2. The largest absolute Gasteiger partial charge is 0.441 e. The molecule has 2 N–H and O–H groups in total. The van der Waals surface area contributed by atoms with Crippen LogP contribution >= 0.6 is 0 Å². The highest BCUT2D eigenvalue weighted by Gasteiger charge is 2.15. The zero-order valence-electron chi connectivity index (χ0n) is 14.1. The van der Waals surface area contributed by atoms with E-state index in [2.05, 4.69) is 30.4 Å². The lowest BCUT2D eigenvalue weighted by Gasteiger charge is -2.09. The van der Waals surface area contributed by atoms with Crippen LogP contribution in [0.15, 0.2) is 22.6 Å². The van der Waals surface area contributed by atoms with Crippen LogP contribution in [-0.4, -0.2) is 25.8 Å². The van der Waals surface area contributed by atoms with Gasteiger partial charge in [0.05, 0.1) is 6.54 Å². The summed E-state index contributed by atoms with van der Waals surface area (Å²) < 4.78 is 7.60. The summed E-state index contributed by atoms with van der Waals surface area (Å²) in [4.78, 5) is 16.4. The molecular weight excluding hydrogens is 320 g/mol. The molecule has 4 rings (SSSR count). The molecule has 0 aliphatic carbocycles. The predicted molar refractivity (Wildman–Crippen MR) is 92.2 cm³/mol. The zero-order chi connectivity index (χ0) is 17.2. The molecule has 1 aromatic carbocycles. The Morgan fingerprint density at radius 3 is 3.12 bits per heavy atom. The first-order chi connectivity index (χ1) is 12.2. The average Bonchev–Trinajstić information content (AvgIpc) is 3.06. The lowest BCUT2D eigenvalue weighted by atomic mass is 10.2. The molecule has 8 heteroatoms. The Kier molecular flexibility index (Phi) is 4.09. The van der Waals surface area contributed by atoms with Gasteiger partial charge in [-0.25, -0.2) is 9.78 Å². The molecule has 2 aromatic heterocycles. The number of fused-ring (bicyclic) bond motifs is 2. The lowest BCUT2D eigenvalue weighted by molar-refractivity contribution is 0.251. The second-order valence-electron chi connectivity index (χ2n) is 6.22. The van der Waals surface area contributed by atoms with E-state index in [1.807, 2.05) is 6.07 Å². The molecule has 0 bridgehead atoms. The van der Waals surface area contributed by atoms with E-state index < -0.39 is 0 Å². The van der Waals surface area contributed by atoms with Crippen LogP contribution in [-0.2, 0) is 19.5 Å². The first kappa shape index (κ1) is 15.6. The molecule has 1 aliphatic rings. The van der Waals surface area contributed by atoms with Crippen molar-refractivity contribution in [1.29, 1.82) is 0 Å². The maximum atomic E-state index is 12.2. The van der Waals surface area contributed by atoms with Gasteiger partial charge in [0.25, 0.3) is 0 Å². The molecule has 25 heavy (non-hydrogen) atoms. The van der Waals surface area contributed by atoms with Gasteiger partial charge in [-0.1, -0.05) is 6.42 Å². The summed E-state index contributed by atoms with van der Waals surface area (Å²) in [7, 11) is 0. The number of hydrogen-bond donors (Lipinski definition) is 2. The standard InChI is InChI=1S/C17H20N6O2/c1-11-19-13-7-6-12(9-14(13)25-11)20-17(24)18-10-16-22-21-15-5-3-2-4-8-23(15)16/h6-7,9H,2-5,8,10H2,1H3,(H2,18,20,24). The summed E-state index contributed by atoms with van der Waals surface area (Å²) in [5, 5.41) is 14.1. The summed E-state index contributed by atoms with van der Waals surface area (Å²) in [5.41, 5.74) is 2.08. The van der Waals surface area contributed by atoms with Gasteiger partial charge in [0.2, 0.25) is 0 Å². The van der Waals surface area contributed by atoms with Crippen molar-refractivity contribution in [2.45, 2.75) is 45.7 Å². The maximum absolute atomic E-state index is 12.2. The number of carbonyl (C=O) groups excluding carboxylic acids is 1. The summed E-state index contributed by atoms with van der Waals surface area (Å²) in [5.74, 6) is 2.42. The van der Waals surface area contributed by atoms with Crippen molar-refractivity contribution >= 4 is 22.8 Å². The van der Waals surface area contributed by atoms with Gasteiger partial charge in [0, 0.05) is 31.6 Å². The van der Waals surface area contributed by atoms with Crippen molar-refractivity contribution in [1.82, 2.24) is 25.1 Å². The SMILES string of the molecule is Cc1nc2ccc(NC(=O)NCc3nnc4n3CCCCC4)cc2o1. The van der Waals surface area contributed by atoms with Crippen molar-refractivity contribution in [3.63, 3.8) is 0 Å². The van der Waals surface area contributed by atoms with Gasteiger partial charge in [0.1, 0.15) is 11.3 Å². The fourth-order valence-corrected chi connectivity index (χ4v) is 3.13. The first-order valence-corrected chi connectivity index (χ1v) is 8.52. The third-order valence-corrected chi connectivity index (χ3v) is 4.35. The van der Waals surface area contributed by atoms with Gasteiger partial charge >= 0.3 is 6.03 Å². The minimum Gasteiger partial charge on any atom is -0.441 e. The van der Waals surface area contributed by atoms with Gasteiger partial charge < -0.3 is 19.6 Å². The summed E-state index contributed by atoms with van der Waals surface area (Å²) in [6.07, 6.45) is 4.44. The fraction of sp³-hybridized carbons (Fsp3) is 0.412. The second-order valence-corrected chi connectivity index (χ2v) is 6.22. The molecule has 0 fully saturated rings. The van der Waals surface area contributed by atoms with E-state index in [9.17, 15) is 4.79 Å². The zero-order valence-corrected chi connectivity index (χ0v) is 14.1. The molecule has 3 heterocycles. The molecule has 3 aromatic rings. The highest BCUT2D eigenvalue weighted by Crippen LogP contribution is 2.20. The molecule has 2 amide bonds. The number of carbonyl (C=O) groups is 1. The normalized spacial score (nSPS) is 14.1. The van der Waals surface area contributed by atoms with E-state index >= 15 is 0 Å². The Morgan fingerprint density at radius 2 is 2.20 bits per heavy atom. The highest BCUT2D eigenvalue weighted by molar-refractivity contribution is 5.91. The number of anilines is 1. The Bertz CT molecular complexity index is 913. The van der Waals surface area contributed by atoms with Crippen molar-refractivity contribution in [3.8, 4) is 0 Å². The molecule has 0 atom stereocenters. The van der Waals surface area contributed by atoms with Crippen LogP contribution < -0.4 is 10.6 Å². The predicted octanol–water partition coefficient (Wildman–Crippen LogP) is 2.78. The summed E-state index contributed by atoms with van der Waals surface area (Å²) >= 11 is 0. The number of urea groups is 1. The van der Waals surface area contributed by atoms with Gasteiger partial charge in [-0.05, 0) is 25.0 Å². The molecule has 8 nitrogen and oxygen atoms in total. The third-order valence-electron chi connectivity index (χ3n) is 4.35. The van der Waals surface area contributed by atoms with E-state index in [0.29, 0.717) is 23.7 Å². The van der Waals surface area contributed by atoms with Gasteiger partial charge in [-0.15, -0.1) is 10.2 Å². The number of benzene rings is 1. The minimum absolute atomic E-state index is 0.290. The second kappa shape index (κ2) is 6.54. The third kappa shape index (κ3) is 3.33. The molecule has 0 saturated carbocycles. The van der Waals surface area contributed by atoms with E-state index in [1.165, 1.54) is 6.42 Å². The molecule has 0 radical (unpaired) electrons. The number of hydrogen-bond acceptors (Lipinski definition) is 5. The van der Waals surface area contributed by atoms with Crippen LogP contribution in [0, 0.1) is 6.92 Å². The van der Waals surface area contributed by atoms with Crippen molar-refractivity contribution in [2.24, 2.45) is 0 Å². The minimum atomic E-state index is -0.290. The van der Waals surface area contributed by atoms with E-state index in [-0.39, 0.29) is 6.03 Å². The number of rotatable bonds is 3. The Morgan fingerprint density at radius 1 is 1.28 bits per heavy atom. The quantitative estimate of drug-likeness (QED) is 0.764. The topological polar surface area (TPSA) is 97.9 Å². The van der Waals surface area contributed by atoms with E-state index in [0.717, 1.165) is 43.0 Å². The molecule has 0 spiro atoms. The molecule has 0 saturated heterocycles. The molecular formula is C17H20N6O2.